The molecule has 0 bridgehead atoms. The fourth-order valence-corrected chi connectivity index (χ4v) is 2.96. The zero-order chi connectivity index (χ0) is 12.3. The Morgan fingerprint density at radius 3 is 2.76 bits per heavy atom. The summed E-state index contributed by atoms with van der Waals surface area (Å²) in [5.41, 5.74) is 1.62. The molecule has 0 aromatic rings. The second kappa shape index (κ2) is 5.70. The van der Waals surface area contributed by atoms with E-state index in [1.165, 1.54) is 44.6 Å². The van der Waals surface area contributed by atoms with Crippen LogP contribution in [0.1, 0.15) is 46.5 Å². The van der Waals surface area contributed by atoms with Gasteiger partial charge < -0.3 is 4.90 Å². The van der Waals surface area contributed by atoms with Crippen molar-refractivity contribution in [1.29, 1.82) is 0 Å². The lowest BCUT2D eigenvalue weighted by molar-refractivity contribution is 0.474. The number of aliphatic imine (C=N–C) groups is 1. The Hall–Kier alpha value is -0.790. The maximum Gasteiger partial charge on any atom is 0.102 e. The average molecular weight is 234 g/mol. The summed E-state index contributed by atoms with van der Waals surface area (Å²) >= 11 is 0. The Morgan fingerprint density at radius 2 is 2.12 bits per heavy atom. The SMILES string of the molecule is CC[C@@H](C)C1=CCN=C(N2CCCC2)[C@H](C)C1. The van der Waals surface area contributed by atoms with E-state index < -0.39 is 0 Å². The molecule has 0 saturated carbocycles. The molecule has 1 saturated heterocycles. The highest BCUT2D eigenvalue weighted by atomic mass is 15.2. The van der Waals surface area contributed by atoms with Crippen molar-refractivity contribution in [2.45, 2.75) is 46.5 Å². The third-order valence-corrected chi connectivity index (χ3v) is 4.26. The van der Waals surface area contributed by atoms with Crippen molar-refractivity contribution < 1.29 is 0 Å². The van der Waals surface area contributed by atoms with Crippen LogP contribution in [0.5, 0.6) is 0 Å². The highest BCUT2D eigenvalue weighted by molar-refractivity contribution is 5.85. The number of likely N-dealkylation sites (tertiary alicyclic amines) is 1. The Kier molecular flexibility index (Phi) is 4.25. The number of rotatable bonds is 2. The third kappa shape index (κ3) is 2.91. The largest absolute Gasteiger partial charge is 0.360 e. The minimum Gasteiger partial charge on any atom is -0.360 e. The molecule has 0 unspecified atom stereocenters. The smallest absolute Gasteiger partial charge is 0.102 e. The standard InChI is InChI=1S/C15H26N2/c1-4-12(2)14-7-8-16-15(13(3)11-14)17-9-5-6-10-17/h7,12-13H,4-6,8-11H2,1-3H3/t12-,13-/m1/s1. The van der Waals surface area contributed by atoms with Crippen molar-refractivity contribution in [3.05, 3.63) is 11.6 Å². The molecule has 2 heteroatoms. The fourth-order valence-electron chi connectivity index (χ4n) is 2.96. The van der Waals surface area contributed by atoms with Crippen molar-refractivity contribution in [3.63, 3.8) is 0 Å². The van der Waals surface area contributed by atoms with E-state index in [-0.39, 0.29) is 0 Å². The van der Waals surface area contributed by atoms with Crippen LogP contribution in [0, 0.1) is 11.8 Å². The Labute approximate surface area is 106 Å². The maximum atomic E-state index is 4.82. The van der Waals surface area contributed by atoms with Crippen molar-refractivity contribution in [2.75, 3.05) is 19.6 Å². The number of allylic oxidation sites excluding steroid dienone is 1. The molecule has 2 aliphatic rings. The minimum atomic E-state index is 0.607. The fraction of sp³-hybridized carbons (Fsp3) is 0.800. The maximum absolute atomic E-state index is 4.82. The normalized spacial score (nSPS) is 27.5. The van der Waals surface area contributed by atoms with E-state index in [0.29, 0.717) is 5.92 Å². The first kappa shape index (κ1) is 12.7. The lowest BCUT2D eigenvalue weighted by atomic mass is 9.90. The summed E-state index contributed by atoms with van der Waals surface area (Å²) in [6, 6.07) is 0. The van der Waals surface area contributed by atoms with E-state index in [2.05, 4.69) is 31.7 Å². The van der Waals surface area contributed by atoms with Crippen LogP contribution in [0.25, 0.3) is 0 Å². The molecule has 2 rings (SSSR count). The van der Waals surface area contributed by atoms with Crippen LogP contribution in [-0.2, 0) is 0 Å². The number of hydrogen-bond acceptors (Lipinski definition) is 2. The predicted molar refractivity (Wildman–Crippen MR) is 74.4 cm³/mol. The van der Waals surface area contributed by atoms with Gasteiger partial charge in [0.05, 0.1) is 6.54 Å². The molecule has 2 aliphatic heterocycles. The lowest BCUT2D eigenvalue weighted by Crippen LogP contribution is -2.33. The third-order valence-electron chi connectivity index (χ3n) is 4.26. The monoisotopic (exact) mass is 234 g/mol. The van der Waals surface area contributed by atoms with Gasteiger partial charge in [-0.3, -0.25) is 4.99 Å². The highest BCUT2D eigenvalue weighted by Crippen LogP contribution is 2.27. The summed E-state index contributed by atoms with van der Waals surface area (Å²) in [6.45, 7) is 10.3. The first-order chi connectivity index (χ1) is 8.22. The van der Waals surface area contributed by atoms with E-state index in [1.54, 1.807) is 5.57 Å². The summed E-state index contributed by atoms with van der Waals surface area (Å²) in [5.74, 6) is 2.71. The molecule has 2 atom stereocenters. The summed E-state index contributed by atoms with van der Waals surface area (Å²) < 4.78 is 0. The Balaban J connectivity index is 2.03. The molecule has 0 aromatic carbocycles. The van der Waals surface area contributed by atoms with Gasteiger partial charge in [-0.25, -0.2) is 0 Å². The van der Waals surface area contributed by atoms with E-state index in [0.717, 1.165) is 12.5 Å². The molecular formula is C15H26N2. The summed E-state index contributed by atoms with van der Waals surface area (Å²) in [5, 5.41) is 0. The van der Waals surface area contributed by atoms with Crippen molar-refractivity contribution >= 4 is 5.84 Å². The van der Waals surface area contributed by atoms with Crippen molar-refractivity contribution in [3.8, 4) is 0 Å². The second-order valence-electron chi connectivity index (χ2n) is 5.59. The number of nitrogens with zero attached hydrogens (tertiary/aromatic N) is 2. The molecule has 96 valence electrons. The van der Waals surface area contributed by atoms with Crippen LogP contribution in [0.15, 0.2) is 16.6 Å². The molecule has 0 aliphatic carbocycles. The molecule has 0 amide bonds. The van der Waals surface area contributed by atoms with Crippen LogP contribution >= 0.6 is 0 Å². The number of amidine groups is 1. The Bertz CT molecular complexity index is 311. The average Bonchev–Trinajstić information content (AvgIpc) is 2.78. The van der Waals surface area contributed by atoms with Crippen LogP contribution < -0.4 is 0 Å². The van der Waals surface area contributed by atoms with Gasteiger partial charge in [0.25, 0.3) is 0 Å². The van der Waals surface area contributed by atoms with Gasteiger partial charge in [0, 0.05) is 19.0 Å². The molecule has 0 radical (unpaired) electrons. The van der Waals surface area contributed by atoms with E-state index in [4.69, 9.17) is 4.99 Å². The van der Waals surface area contributed by atoms with Crippen LogP contribution in [0.2, 0.25) is 0 Å². The van der Waals surface area contributed by atoms with Gasteiger partial charge in [0.15, 0.2) is 0 Å². The molecular weight excluding hydrogens is 208 g/mol. The van der Waals surface area contributed by atoms with Gasteiger partial charge in [-0.15, -0.1) is 0 Å². The van der Waals surface area contributed by atoms with E-state index in [1.807, 2.05) is 0 Å². The Morgan fingerprint density at radius 1 is 1.41 bits per heavy atom. The topological polar surface area (TPSA) is 15.6 Å². The summed E-state index contributed by atoms with van der Waals surface area (Å²) in [7, 11) is 0. The molecule has 17 heavy (non-hydrogen) atoms. The highest BCUT2D eigenvalue weighted by Gasteiger charge is 2.24. The summed E-state index contributed by atoms with van der Waals surface area (Å²) in [4.78, 5) is 7.33. The first-order valence-corrected chi connectivity index (χ1v) is 7.20. The van der Waals surface area contributed by atoms with Crippen LogP contribution in [0.3, 0.4) is 0 Å². The zero-order valence-electron chi connectivity index (χ0n) is 11.6. The van der Waals surface area contributed by atoms with Gasteiger partial charge in [-0.2, -0.15) is 0 Å². The minimum absolute atomic E-state index is 0.607. The van der Waals surface area contributed by atoms with E-state index >= 15 is 0 Å². The van der Waals surface area contributed by atoms with Gasteiger partial charge in [-0.05, 0) is 31.6 Å². The lowest BCUT2D eigenvalue weighted by Gasteiger charge is -2.25. The summed E-state index contributed by atoms with van der Waals surface area (Å²) in [6.07, 6.45) is 7.52. The van der Waals surface area contributed by atoms with E-state index in [9.17, 15) is 0 Å². The first-order valence-electron chi connectivity index (χ1n) is 7.20. The quantitative estimate of drug-likeness (QED) is 0.668. The molecule has 0 N–H and O–H groups in total. The van der Waals surface area contributed by atoms with Crippen LogP contribution in [-0.4, -0.2) is 30.4 Å². The van der Waals surface area contributed by atoms with Crippen molar-refractivity contribution in [2.24, 2.45) is 16.8 Å². The molecule has 0 spiro atoms. The van der Waals surface area contributed by atoms with Crippen molar-refractivity contribution in [1.82, 2.24) is 4.90 Å². The predicted octanol–water partition coefficient (Wildman–Crippen LogP) is 3.49. The zero-order valence-corrected chi connectivity index (χ0v) is 11.6. The van der Waals surface area contributed by atoms with Gasteiger partial charge in [0.1, 0.15) is 5.84 Å². The van der Waals surface area contributed by atoms with Crippen LogP contribution in [0.4, 0.5) is 0 Å². The second-order valence-corrected chi connectivity index (χ2v) is 5.59. The van der Waals surface area contributed by atoms with Gasteiger partial charge in [-0.1, -0.05) is 32.4 Å². The number of hydrogen-bond donors (Lipinski definition) is 0. The molecule has 1 fully saturated rings. The van der Waals surface area contributed by atoms with Gasteiger partial charge >= 0.3 is 0 Å². The molecule has 2 nitrogen and oxygen atoms in total. The van der Waals surface area contributed by atoms with Gasteiger partial charge in [0.2, 0.25) is 0 Å². The molecule has 0 aromatic heterocycles. The molecule has 2 heterocycles.